The summed E-state index contributed by atoms with van der Waals surface area (Å²) < 4.78 is 59.1. The Morgan fingerprint density at radius 1 is 1.09 bits per heavy atom. The highest BCUT2D eigenvalue weighted by Gasteiger charge is 2.43. The number of rotatable bonds is 2. The van der Waals surface area contributed by atoms with Crippen molar-refractivity contribution in [3.8, 4) is 0 Å². The highest BCUT2D eigenvalue weighted by Crippen LogP contribution is 2.35. The number of hydrogen-bond donors (Lipinski definition) is 0. The van der Waals surface area contributed by atoms with Gasteiger partial charge in [-0.2, -0.15) is 13.2 Å². The van der Waals surface area contributed by atoms with Gasteiger partial charge < -0.3 is 14.5 Å². The van der Waals surface area contributed by atoms with Crippen molar-refractivity contribution >= 4 is 17.5 Å². The molecule has 2 aliphatic rings. The van der Waals surface area contributed by atoms with Crippen LogP contribution in [0.5, 0.6) is 0 Å². The Morgan fingerprint density at radius 3 is 2.56 bits per heavy atom. The third kappa shape index (κ3) is 4.45. The number of pyridine rings is 1. The fraction of sp³-hybridized carbons (Fsp3) is 0.409. The Morgan fingerprint density at radius 2 is 1.84 bits per heavy atom. The van der Waals surface area contributed by atoms with Crippen LogP contribution in [-0.4, -0.2) is 53.5 Å². The second-order valence-corrected chi connectivity index (χ2v) is 7.99. The first-order valence-electron chi connectivity index (χ1n) is 10.2. The number of ether oxygens (including phenoxy) is 1. The van der Waals surface area contributed by atoms with Gasteiger partial charge in [-0.3, -0.25) is 14.6 Å². The Hall–Kier alpha value is -3.01. The maximum atomic E-state index is 13.3. The summed E-state index contributed by atoms with van der Waals surface area (Å²) in [5, 5.41) is 0. The number of anilines is 1. The molecule has 0 radical (unpaired) electrons. The topological polar surface area (TPSA) is 62.7 Å². The maximum absolute atomic E-state index is 13.3. The molecule has 6 nitrogen and oxygen atoms in total. The number of aromatic nitrogens is 1. The summed E-state index contributed by atoms with van der Waals surface area (Å²) in [4.78, 5) is 31.9. The fourth-order valence-corrected chi connectivity index (χ4v) is 4.23. The third-order valence-electron chi connectivity index (χ3n) is 5.93. The molecule has 1 unspecified atom stereocenters. The van der Waals surface area contributed by atoms with Gasteiger partial charge in [0.15, 0.2) is 0 Å². The van der Waals surface area contributed by atoms with E-state index in [9.17, 15) is 27.2 Å². The van der Waals surface area contributed by atoms with Crippen LogP contribution in [0.3, 0.4) is 0 Å². The van der Waals surface area contributed by atoms with Gasteiger partial charge in [0.2, 0.25) is 0 Å². The molecule has 1 aromatic carbocycles. The summed E-state index contributed by atoms with van der Waals surface area (Å²) in [5.41, 5.74) is -1.69. The predicted molar refractivity (Wildman–Crippen MR) is 106 cm³/mol. The number of morpholine rings is 1. The lowest BCUT2D eigenvalue weighted by Gasteiger charge is -2.42. The number of hydrogen-bond acceptors (Lipinski definition) is 4. The van der Waals surface area contributed by atoms with Gasteiger partial charge >= 0.3 is 6.18 Å². The Kier molecular flexibility index (Phi) is 5.89. The van der Waals surface area contributed by atoms with Crippen molar-refractivity contribution in [2.45, 2.75) is 31.0 Å². The molecule has 0 N–H and O–H groups in total. The lowest BCUT2D eigenvalue weighted by Crippen LogP contribution is -2.55. The van der Waals surface area contributed by atoms with Crippen molar-refractivity contribution in [1.82, 2.24) is 9.88 Å². The van der Waals surface area contributed by atoms with E-state index in [1.54, 1.807) is 0 Å². The molecular weight excluding hydrogens is 430 g/mol. The Labute approximate surface area is 181 Å². The number of amides is 2. The lowest BCUT2D eigenvalue weighted by molar-refractivity contribution is -0.140. The van der Waals surface area contributed by atoms with Crippen LogP contribution in [0.15, 0.2) is 42.7 Å². The number of carbonyl (C=O) groups excluding carboxylic acids is 2. The summed E-state index contributed by atoms with van der Waals surface area (Å²) >= 11 is 0. The van der Waals surface area contributed by atoms with E-state index in [0.29, 0.717) is 24.9 Å². The first-order chi connectivity index (χ1) is 15.2. The summed E-state index contributed by atoms with van der Waals surface area (Å²) in [6.07, 6.45) is -1.33. The minimum absolute atomic E-state index is 0.161. The summed E-state index contributed by atoms with van der Waals surface area (Å²) in [6.45, 7) is 0.503. The van der Waals surface area contributed by atoms with Crippen LogP contribution < -0.4 is 4.90 Å². The number of carbonyl (C=O) groups is 2. The molecule has 32 heavy (non-hydrogen) atoms. The molecule has 0 bridgehead atoms. The van der Waals surface area contributed by atoms with Crippen molar-refractivity contribution in [1.29, 1.82) is 0 Å². The first kappa shape index (κ1) is 22.2. The molecule has 4 rings (SSSR count). The Balaban J connectivity index is 1.51. The van der Waals surface area contributed by atoms with Crippen LogP contribution >= 0.6 is 0 Å². The largest absolute Gasteiger partial charge is 0.417 e. The van der Waals surface area contributed by atoms with Gasteiger partial charge in [0.25, 0.3) is 11.8 Å². The van der Waals surface area contributed by atoms with E-state index >= 15 is 0 Å². The molecule has 2 saturated heterocycles. The van der Waals surface area contributed by atoms with Gasteiger partial charge in [0.05, 0.1) is 23.3 Å². The zero-order chi connectivity index (χ0) is 22.9. The van der Waals surface area contributed by atoms with Crippen LogP contribution in [-0.2, 0) is 15.7 Å². The number of benzene rings is 1. The smallest absolute Gasteiger partial charge is 0.363 e. The number of likely N-dealkylation sites (tertiary alicyclic amines) is 1. The van der Waals surface area contributed by atoms with Crippen LogP contribution in [0.2, 0.25) is 0 Å². The van der Waals surface area contributed by atoms with Crippen molar-refractivity contribution in [3.05, 3.63) is 59.7 Å². The average Bonchev–Trinajstić information content (AvgIpc) is 2.98. The van der Waals surface area contributed by atoms with Crippen molar-refractivity contribution in [2.24, 2.45) is 0 Å². The van der Waals surface area contributed by atoms with Crippen LogP contribution in [0.25, 0.3) is 0 Å². The summed E-state index contributed by atoms with van der Waals surface area (Å²) in [6, 6.07) is 6.36. The molecule has 170 valence electrons. The summed E-state index contributed by atoms with van der Waals surface area (Å²) in [5.74, 6) is -1.41. The standard InChI is InChI=1S/C22H21F4N3O3/c23-15-2-4-16(5-3-15)29-14-21(32-13-19(29)30)7-1-10-28(11-8-21)20(31)17-12-27-9-6-18(17)22(24,25)26/h2-6,9,12H,1,7-8,10-11,13-14H2. The molecule has 0 aliphatic carbocycles. The van der Waals surface area contributed by atoms with Gasteiger partial charge in [-0.05, 0) is 49.6 Å². The van der Waals surface area contributed by atoms with E-state index in [-0.39, 0.29) is 32.1 Å². The zero-order valence-electron chi connectivity index (χ0n) is 17.1. The van der Waals surface area contributed by atoms with Crippen molar-refractivity contribution in [2.75, 3.05) is 31.1 Å². The van der Waals surface area contributed by atoms with Crippen LogP contribution in [0, 0.1) is 5.82 Å². The third-order valence-corrected chi connectivity index (χ3v) is 5.93. The average molecular weight is 451 g/mol. The normalized spacial score (nSPS) is 22.2. The molecule has 1 atom stereocenters. The SMILES string of the molecule is O=C(c1cnccc1C(F)(F)F)N1CCCC2(CC1)CN(c1ccc(F)cc1)C(=O)CO2. The van der Waals surface area contributed by atoms with E-state index in [2.05, 4.69) is 4.98 Å². The lowest BCUT2D eigenvalue weighted by atomic mass is 9.92. The van der Waals surface area contributed by atoms with Gasteiger partial charge in [-0.15, -0.1) is 0 Å². The second kappa shape index (κ2) is 8.50. The molecule has 1 aromatic heterocycles. The fourth-order valence-electron chi connectivity index (χ4n) is 4.23. The van der Waals surface area contributed by atoms with Crippen LogP contribution in [0.1, 0.15) is 35.2 Å². The minimum atomic E-state index is -4.66. The Bertz CT molecular complexity index is 1010. The first-order valence-corrected chi connectivity index (χ1v) is 10.2. The van der Waals surface area contributed by atoms with Crippen LogP contribution in [0.4, 0.5) is 23.2 Å². The van der Waals surface area contributed by atoms with E-state index in [1.807, 2.05) is 0 Å². The number of alkyl halides is 3. The quantitative estimate of drug-likeness (QED) is 0.654. The number of nitrogens with zero attached hydrogens (tertiary/aromatic N) is 3. The van der Waals surface area contributed by atoms with Crippen molar-refractivity contribution < 1.29 is 31.9 Å². The zero-order valence-corrected chi connectivity index (χ0v) is 17.1. The second-order valence-electron chi connectivity index (χ2n) is 7.99. The van der Waals surface area contributed by atoms with Gasteiger partial charge in [-0.25, -0.2) is 4.39 Å². The molecule has 2 amide bonds. The van der Waals surface area contributed by atoms with E-state index in [4.69, 9.17) is 4.74 Å². The monoisotopic (exact) mass is 451 g/mol. The van der Waals surface area contributed by atoms with Gasteiger partial charge in [0.1, 0.15) is 12.4 Å². The van der Waals surface area contributed by atoms with E-state index in [0.717, 1.165) is 18.5 Å². The molecule has 10 heteroatoms. The molecule has 2 aliphatic heterocycles. The molecule has 2 fully saturated rings. The summed E-state index contributed by atoms with van der Waals surface area (Å²) in [7, 11) is 0. The molecule has 1 spiro atoms. The van der Waals surface area contributed by atoms with Gasteiger partial charge in [0, 0.05) is 31.2 Å². The molecule has 2 aromatic rings. The van der Waals surface area contributed by atoms with Crippen molar-refractivity contribution in [3.63, 3.8) is 0 Å². The molecular formula is C22H21F4N3O3. The molecule has 3 heterocycles. The van der Waals surface area contributed by atoms with Gasteiger partial charge in [-0.1, -0.05) is 0 Å². The number of halogens is 4. The highest BCUT2D eigenvalue weighted by molar-refractivity contribution is 5.96. The highest BCUT2D eigenvalue weighted by atomic mass is 19.4. The van der Waals surface area contributed by atoms with E-state index < -0.39 is 34.6 Å². The maximum Gasteiger partial charge on any atom is 0.417 e. The predicted octanol–water partition coefficient (Wildman–Crippen LogP) is 3.67. The molecule has 0 saturated carbocycles. The minimum Gasteiger partial charge on any atom is -0.363 e. The van der Waals surface area contributed by atoms with E-state index in [1.165, 1.54) is 34.1 Å².